The Morgan fingerprint density at radius 2 is 1.77 bits per heavy atom. The van der Waals surface area contributed by atoms with Gasteiger partial charge in [-0.05, 0) is 6.92 Å². The first-order valence-electron chi connectivity index (χ1n) is 8.13. The van der Waals surface area contributed by atoms with Crippen LogP contribution in [0.2, 0.25) is 0 Å². The van der Waals surface area contributed by atoms with Gasteiger partial charge in [0, 0.05) is 18.2 Å². The Hall–Kier alpha value is -1.03. The molecule has 7 N–H and O–H groups in total. The zero-order valence-electron chi connectivity index (χ0n) is 15.4. The van der Waals surface area contributed by atoms with Gasteiger partial charge in [0.25, 0.3) is 5.56 Å². The predicted molar refractivity (Wildman–Crippen MR) is 96.2 cm³/mol. The van der Waals surface area contributed by atoms with Gasteiger partial charge in [-0.1, -0.05) is 0 Å². The molecule has 178 valence electrons. The number of nitrogens with zero attached hydrogens (tertiary/aromatic N) is 1. The maximum Gasteiger partial charge on any atom is 0.490 e. The lowest BCUT2D eigenvalue weighted by Gasteiger charge is -2.23. The molecule has 7 atom stereocenters. The number of ether oxygens (including phenoxy) is 1. The maximum atomic E-state index is 11.9. The minimum Gasteiger partial charge on any atom is -0.393 e. The fourth-order valence-corrected chi connectivity index (χ4v) is 5.87. The summed E-state index contributed by atoms with van der Waals surface area (Å²) in [5.74, 6) is -1.21. The van der Waals surface area contributed by atoms with Crippen LogP contribution in [-0.2, 0) is 31.6 Å². The molecule has 0 saturated carbocycles. The highest BCUT2D eigenvalue weighted by molar-refractivity contribution is 7.66. The highest BCUT2D eigenvalue weighted by Gasteiger charge is 2.49. The number of H-pyrrole nitrogens is 1. The predicted octanol–water partition coefficient (Wildman–Crippen LogP) is -1.86. The number of phosphoric acid groups is 3. The number of aromatic nitrogens is 2. The lowest BCUT2D eigenvalue weighted by atomic mass is 9.93. The number of rotatable bonds is 9. The normalized spacial score (nSPS) is 29.3. The van der Waals surface area contributed by atoms with E-state index in [1.54, 1.807) is 0 Å². The lowest BCUT2D eigenvalue weighted by Crippen LogP contribution is -2.38. The largest absolute Gasteiger partial charge is 0.490 e. The third-order valence-corrected chi connectivity index (χ3v) is 7.73. The van der Waals surface area contributed by atoms with Gasteiger partial charge in [-0.25, -0.2) is 18.5 Å². The highest BCUT2D eigenvalue weighted by Crippen LogP contribution is 2.66. The Bertz CT molecular complexity index is 1050. The van der Waals surface area contributed by atoms with E-state index in [-0.39, 0.29) is 0 Å². The fraction of sp³-hybridized carbons (Fsp3) is 0.636. The Morgan fingerprint density at radius 3 is 2.29 bits per heavy atom. The third-order valence-electron chi connectivity index (χ3n) is 3.93. The molecule has 1 aromatic heterocycles. The van der Waals surface area contributed by atoms with Crippen LogP contribution in [0.1, 0.15) is 13.2 Å². The zero-order chi connectivity index (χ0) is 23.8. The van der Waals surface area contributed by atoms with Gasteiger partial charge in [0.05, 0.1) is 18.8 Å². The van der Waals surface area contributed by atoms with Crippen molar-refractivity contribution in [1.29, 1.82) is 0 Å². The van der Waals surface area contributed by atoms with Crippen LogP contribution in [0.15, 0.2) is 21.9 Å². The van der Waals surface area contributed by atoms with Crippen LogP contribution in [0.3, 0.4) is 0 Å². The third kappa shape index (κ3) is 7.23. The molecule has 0 spiro atoms. The van der Waals surface area contributed by atoms with Crippen molar-refractivity contribution >= 4 is 23.5 Å². The van der Waals surface area contributed by atoms with Gasteiger partial charge in [-0.15, -0.1) is 0 Å². The molecule has 0 amide bonds. The van der Waals surface area contributed by atoms with Crippen LogP contribution in [0.5, 0.6) is 0 Å². The molecule has 2 rings (SSSR count). The molecule has 31 heavy (non-hydrogen) atoms. The van der Waals surface area contributed by atoms with Crippen LogP contribution < -0.4 is 11.2 Å². The van der Waals surface area contributed by atoms with Gasteiger partial charge in [0.2, 0.25) is 0 Å². The van der Waals surface area contributed by atoms with E-state index < -0.39 is 71.8 Å². The molecule has 1 fully saturated rings. The highest BCUT2D eigenvalue weighted by atomic mass is 31.3. The molecule has 2 heterocycles. The first kappa shape index (κ1) is 26.2. The molecular formula is C11H19N2O15P3. The summed E-state index contributed by atoms with van der Waals surface area (Å²) in [7, 11) is -16.8. The summed E-state index contributed by atoms with van der Waals surface area (Å²) in [6.07, 6.45) is -4.73. The first-order valence-corrected chi connectivity index (χ1v) is 12.6. The van der Waals surface area contributed by atoms with Crippen molar-refractivity contribution in [1.82, 2.24) is 9.55 Å². The molecule has 20 heteroatoms. The van der Waals surface area contributed by atoms with Crippen molar-refractivity contribution in [3.05, 3.63) is 33.1 Å². The average Bonchev–Trinajstić information content (AvgIpc) is 2.86. The Labute approximate surface area is 172 Å². The minimum atomic E-state index is -5.73. The second-order valence-electron chi connectivity index (χ2n) is 6.28. The number of nitrogens with one attached hydrogen (secondary N) is 1. The van der Waals surface area contributed by atoms with E-state index in [2.05, 4.69) is 13.1 Å². The Balaban J connectivity index is 2.16. The lowest BCUT2D eigenvalue weighted by molar-refractivity contribution is -0.0539. The molecule has 1 saturated heterocycles. The van der Waals surface area contributed by atoms with E-state index in [9.17, 15) is 38.4 Å². The van der Waals surface area contributed by atoms with Crippen molar-refractivity contribution in [2.75, 3.05) is 6.61 Å². The molecule has 1 aliphatic rings. The van der Waals surface area contributed by atoms with Crippen molar-refractivity contribution in [2.24, 2.45) is 5.92 Å². The van der Waals surface area contributed by atoms with E-state index in [1.165, 1.54) is 6.92 Å². The smallest absolute Gasteiger partial charge is 0.393 e. The summed E-state index contributed by atoms with van der Waals surface area (Å²) in [6.45, 7) is 0.276. The first-order chi connectivity index (χ1) is 14.0. The molecule has 1 aliphatic heterocycles. The minimum absolute atomic E-state index is 0.731. The van der Waals surface area contributed by atoms with Gasteiger partial charge >= 0.3 is 29.2 Å². The second kappa shape index (κ2) is 9.45. The van der Waals surface area contributed by atoms with Gasteiger partial charge < -0.3 is 34.5 Å². The second-order valence-corrected chi connectivity index (χ2v) is 10.7. The molecule has 7 unspecified atom stereocenters. The molecule has 0 radical (unpaired) electrons. The van der Waals surface area contributed by atoms with Crippen molar-refractivity contribution in [2.45, 2.75) is 31.5 Å². The van der Waals surface area contributed by atoms with E-state index >= 15 is 0 Å². The number of aliphatic hydroxyl groups excluding tert-OH is 2. The van der Waals surface area contributed by atoms with E-state index in [1.807, 2.05) is 4.98 Å². The van der Waals surface area contributed by atoms with Gasteiger partial charge in [0.15, 0.2) is 6.23 Å². The molecule has 0 aliphatic carbocycles. The van der Waals surface area contributed by atoms with Crippen molar-refractivity contribution < 1.29 is 61.4 Å². The van der Waals surface area contributed by atoms with Gasteiger partial charge in [-0.2, -0.15) is 8.62 Å². The summed E-state index contributed by atoms with van der Waals surface area (Å²) in [5.41, 5.74) is -1.69. The quantitative estimate of drug-likeness (QED) is 0.179. The SMILES string of the molecule is CC(O)C1C(COP(=O)(O)OP(=O)(O)OP(=O)(O)O)OC(n2ccc(=O)[nH]c2=O)C1O. The maximum absolute atomic E-state index is 11.9. The van der Waals surface area contributed by atoms with Crippen LogP contribution in [0, 0.1) is 5.92 Å². The average molecular weight is 512 g/mol. The van der Waals surface area contributed by atoms with E-state index in [4.69, 9.17) is 19.4 Å². The van der Waals surface area contributed by atoms with Crippen LogP contribution in [0.25, 0.3) is 0 Å². The number of phosphoric ester groups is 1. The summed E-state index contributed by atoms with van der Waals surface area (Å²) in [5, 5.41) is 20.4. The van der Waals surface area contributed by atoms with Crippen LogP contribution >= 0.6 is 23.5 Å². The zero-order valence-corrected chi connectivity index (χ0v) is 18.1. The van der Waals surface area contributed by atoms with Crippen molar-refractivity contribution in [3.63, 3.8) is 0 Å². The Morgan fingerprint density at radius 1 is 1.16 bits per heavy atom. The van der Waals surface area contributed by atoms with Crippen molar-refractivity contribution in [3.8, 4) is 0 Å². The number of aromatic amines is 1. The Kier molecular flexibility index (Phi) is 7.99. The monoisotopic (exact) mass is 512 g/mol. The number of aliphatic hydroxyl groups is 2. The summed E-state index contributed by atoms with van der Waals surface area (Å²) in [4.78, 5) is 60.7. The molecule has 1 aromatic rings. The van der Waals surface area contributed by atoms with Crippen LogP contribution in [0.4, 0.5) is 0 Å². The molecule has 17 nitrogen and oxygen atoms in total. The summed E-state index contributed by atoms with van der Waals surface area (Å²) in [6, 6.07) is 0.953. The number of hydrogen-bond acceptors (Lipinski definition) is 11. The van der Waals surface area contributed by atoms with Gasteiger partial charge in [0.1, 0.15) is 6.10 Å². The molecule has 0 bridgehead atoms. The standard InChI is InChI=1S/C11H19N2O15P3/c1-5(14)8-6(4-25-30(21,22)28-31(23,24)27-29(18,19)20)26-10(9(8)16)13-3-2-7(15)12-11(13)17/h2-3,5-6,8-10,14,16H,4H2,1H3,(H,21,22)(H,23,24)(H,12,15,17)(H2,18,19,20). The summed E-state index contributed by atoms with van der Waals surface area (Å²) >= 11 is 0. The van der Waals surface area contributed by atoms with Gasteiger partial charge in [-0.3, -0.25) is 18.9 Å². The van der Waals surface area contributed by atoms with E-state index in [0.29, 0.717) is 0 Å². The molecule has 0 aromatic carbocycles. The van der Waals surface area contributed by atoms with E-state index in [0.717, 1.165) is 16.8 Å². The molecular weight excluding hydrogens is 493 g/mol. The fourth-order valence-electron chi connectivity index (χ4n) is 2.84. The summed E-state index contributed by atoms with van der Waals surface area (Å²) < 4.78 is 51.6. The topological polar surface area (TPSA) is 264 Å². The van der Waals surface area contributed by atoms with Crippen LogP contribution in [-0.4, -0.2) is 64.3 Å². The number of hydrogen-bond donors (Lipinski definition) is 7.